The van der Waals surface area contributed by atoms with E-state index in [4.69, 9.17) is 0 Å². The minimum absolute atomic E-state index is 0.0742. The molecule has 0 aromatic heterocycles. The van der Waals surface area contributed by atoms with Gasteiger partial charge in [0.25, 0.3) is 0 Å². The summed E-state index contributed by atoms with van der Waals surface area (Å²) in [7, 11) is 0. The maximum atomic E-state index is 12.3. The van der Waals surface area contributed by atoms with Crippen molar-refractivity contribution in [3.8, 4) is 5.75 Å². The van der Waals surface area contributed by atoms with Crippen LogP contribution in [0.15, 0.2) is 22.7 Å². The Morgan fingerprint density at radius 1 is 1.53 bits per heavy atom. The highest BCUT2D eigenvalue weighted by atomic mass is 79.9. The molecule has 4 nitrogen and oxygen atoms in total. The van der Waals surface area contributed by atoms with E-state index in [1.807, 2.05) is 0 Å². The van der Waals surface area contributed by atoms with Gasteiger partial charge >= 0.3 is 0 Å². The van der Waals surface area contributed by atoms with Crippen molar-refractivity contribution in [3.05, 3.63) is 22.7 Å². The number of amides is 1. The predicted octanol–water partition coefficient (Wildman–Crippen LogP) is 2.87. The summed E-state index contributed by atoms with van der Waals surface area (Å²) in [6.45, 7) is 5.03. The third-order valence-electron chi connectivity index (χ3n) is 3.61. The summed E-state index contributed by atoms with van der Waals surface area (Å²) in [6.07, 6.45) is 2.10. The third kappa shape index (κ3) is 3.28. The second-order valence-corrected chi connectivity index (χ2v) is 6.55. The molecule has 0 bridgehead atoms. The smallest absolute Gasteiger partial charge is 0.242 e. The highest BCUT2D eigenvalue weighted by Gasteiger charge is 2.37. The summed E-state index contributed by atoms with van der Waals surface area (Å²) in [4.78, 5) is 12.3. The van der Waals surface area contributed by atoms with E-state index in [0.29, 0.717) is 5.69 Å². The normalized spacial score (nSPS) is 21.9. The highest BCUT2D eigenvalue weighted by Crippen LogP contribution is 2.32. The van der Waals surface area contributed by atoms with Crippen LogP contribution in [0.4, 0.5) is 5.69 Å². The maximum Gasteiger partial charge on any atom is 0.242 e. The van der Waals surface area contributed by atoms with Crippen LogP contribution in [0.3, 0.4) is 0 Å². The van der Waals surface area contributed by atoms with Gasteiger partial charge in [-0.3, -0.25) is 4.79 Å². The van der Waals surface area contributed by atoms with E-state index >= 15 is 0 Å². The standard InChI is InChI=1S/C14H19BrN2O2/c1-14(2)6-3-7-16-12(14)13(19)17-10-8-9(15)4-5-11(10)18/h4-5,8,12,16,18H,3,6-7H2,1-2H3,(H,17,19). The van der Waals surface area contributed by atoms with Crippen molar-refractivity contribution in [2.45, 2.75) is 32.7 Å². The van der Waals surface area contributed by atoms with Gasteiger partial charge in [0.05, 0.1) is 11.7 Å². The molecule has 1 atom stereocenters. The van der Waals surface area contributed by atoms with Gasteiger partial charge in [0.2, 0.25) is 5.91 Å². The first-order valence-corrected chi connectivity index (χ1v) is 7.22. The number of carbonyl (C=O) groups is 1. The molecule has 1 fully saturated rings. The Labute approximate surface area is 121 Å². The Balaban J connectivity index is 2.14. The molecule has 1 unspecified atom stereocenters. The van der Waals surface area contributed by atoms with Crippen molar-refractivity contribution < 1.29 is 9.90 Å². The average molecular weight is 327 g/mol. The molecule has 3 N–H and O–H groups in total. The number of rotatable bonds is 2. The fourth-order valence-electron chi connectivity index (χ4n) is 2.47. The van der Waals surface area contributed by atoms with Crippen LogP contribution in [-0.2, 0) is 4.79 Å². The molecule has 1 aromatic rings. The van der Waals surface area contributed by atoms with Crippen LogP contribution in [0.25, 0.3) is 0 Å². The van der Waals surface area contributed by atoms with Gasteiger partial charge in [0, 0.05) is 4.47 Å². The topological polar surface area (TPSA) is 61.4 Å². The van der Waals surface area contributed by atoms with Gasteiger partial charge in [-0.15, -0.1) is 0 Å². The van der Waals surface area contributed by atoms with Crippen LogP contribution in [0.5, 0.6) is 5.75 Å². The molecule has 19 heavy (non-hydrogen) atoms. The van der Waals surface area contributed by atoms with Gasteiger partial charge in [0.1, 0.15) is 5.75 Å². The number of phenols is 1. The number of halogens is 1. The Morgan fingerprint density at radius 2 is 2.26 bits per heavy atom. The molecule has 5 heteroatoms. The first-order valence-electron chi connectivity index (χ1n) is 6.43. The van der Waals surface area contributed by atoms with Crippen molar-refractivity contribution in [1.82, 2.24) is 5.32 Å². The lowest BCUT2D eigenvalue weighted by Gasteiger charge is -2.38. The number of aromatic hydroxyl groups is 1. The molecule has 1 saturated heterocycles. The van der Waals surface area contributed by atoms with E-state index in [2.05, 4.69) is 40.4 Å². The van der Waals surface area contributed by atoms with Gasteiger partial charge in [-0.05, 0) is 43.0 Å². The minimum Gasteiger partial charge on any atom is -0.506 e. The van der Waals surface area contributed by atoms with Crippen LogP contribution < -0.4 is 10.6 Å². The zero-order valence-corrected chi connectivity index (χ0v) is 12.8. The SMILES string of the molecule is CC1(C)CCCNC1C(=O)Nc1cc(Br)ccc1O. The zero-order chi connectivity index (χ0) is 14.0. The van der Waals surface area contributed by atoms with Gasteiger partial charge < -0.3 is 15.7 Å². The van der Waals surface area contributed by atoms with Crippen molar-refractivity contribution in [2.75, 3.05) is 11.9 Å². The number of piperidine rings is 1. The Hall–Kier alpha value is -1.07. The quantitative estimate of drug-likeness (QED) is 0.732. The monoisotopic (exact) mass is 326 g/mol. The van der Waals surface area contributed by atoms with Crippen LogP contribution in [0, 0.1) is 5.41 Å². The molecule has 0 aliphatic carbocycles. The minimum atomic E-state index is -0.236. The van der Waals surface area contributed by atoms with Gasteiger partial charge in [-0.1, -0.05) is 29.8 Å². The lowest BCUT2D eigenvalue weighted by molar-refractivity contribution is -0.121. The van der Waals surface area contributed by atoms with E-state index in [0.717, 1.165) is 23.9 Å². The third-order valence-corrected chi connectivity index (χ3v) is 4.10. The number of benzene rings is 1. The molecule has 0 spiro atoms. The lowest BCUT2D eigenvalue weighted by atomic mass is 9.77. The number of hydrogen-bond acceptors (Lipinski definition) is 3. The largest absolute Gasteiger partial charge is 0.506 e. The molecule has 0 radical (unpaired) electrons. The van der Waals surface area contributed by atoms with Crippen LogP contribution in [0.1, 0.15) is 26.7 Å². The Kier molecular flexibility index (Phi) is 4.16. The Bertz CT molecular complexity index is 488. The summed E-state index contributed by atoms with van der Waals surface area (Å²) in [5.74, 6) is -0.0248. The lowest BCUT2D eigenvalue weighted by Crippen LogP contribution is -2.53. The number of carbonyl (C=O) groups excluding carboxylic acids is 1. The van der Waals surface area contributed by atoms with Crippen molar-refractivity contribution in [2.24, 2.45) is 5.41 Å². The molecular weight excluding hydrogens is 308 g/mol. The maximum absolute atomic E-state index is 12.3. The number of nitrogens with one attached hydrogen (secondary N) is 2. The van der Waals surface area contributed by atoms with Crippen molar-refractivity contribution in [1.29, 1.82) is 0 Å². The number of phenolic OH excluding ortho intramolecular Hbond substituents is 1. The van der Waals surface area contributed by atoms with Gasteiger partial charge in [-0.25, -0.2) is 0 Å². The second kappa shape index (κ2) is 5.51. The van der Waals surface area contributed by atoms with E-state index in [-0.39, 0.29) is 23.1 Å². The molecule has 1 amide bonds. The van der Waals surface area contributed by atoms with E-state index in [1.165, 1.54) is 0 Å². The van der Waals surface area contributed by atoms with Crippen molar-refractivity contribution in [3.63, 3.8) is 0 Å². The molecule has 104 valence electrons. The van der Waals surface area contributed by atoms with E-state index in [1.54, 1.807) is 18.2 Å². The van der Waals surface area contributed by atoms with Gasteiger partial charge in [-0.2, -0.15) is 0 Å². The number of hydrogen-bond donors (Lipinski definition) is 3. The van der Waals surface area contributed by atoms with Crippen LogP contribution >= 0.6 is 15.9 Å². The molecular formula is C14H19BrN2O2. The Morgan fingerprint density at radius 3 is 2.95 bits per heavy atom. The highest BCUT2D eigenvalue weighted by molar-refractivity contribution is 9.10. The molecule has 1 aliphatic heterocycles. The first kappa shape index (κ1) is 14.3. The summed E-state index contributed by atoms with van der Waals surface area (Å²) in [6, 6.07) is 4.75. The summed E-state index contributed by atoms with van der Waals surface area (Å²) in [5, 5.41) is 15.8. The number of anilines is 1. The molecule has 0 saturated carbocycles. The second-order valence-electron chi connectivity index (χ2n) is 5.63. The predicted molar refractivity (Wildman–Crippen MR) is 79.2 cm³/mol. The molecule has 1 aromatic carbocycles. The van der Waals surface area contributed by atoms with Crippen LogP contribution in [-0.4, -0.2) is 23.6 Å². The summed E-state index contributed by atoms with van der Waals surface area (Å²) >= 11 is 3.33. The van der Waals surface area contributed by atoms with Crippen molar-refractivity contribution >= 4 is 27.5 Å². The molecule has 1 aliphatic rings. The van der Waals surface area contributed by atoms with E-state index in [9.17, 15) is 9.90 Å². The first-order chi connectivity index (χ1) is 8.90. The molecule has 1 heterocycles. The molecule has 2 rings (SSSR count). The fraction of sp³-hybridized carbons (Fsp3) is 0.500. The summed E-state index contributed by atoms with van der Waals surface area (Å²) < 4.78 is 0.816. The average Bonchev–Trinajstić information content (AvgIpc) is 2.33. The fourth-order valence-corrected chi connectivity index (χ4v) is 2.83. The van der Waals surface area contributed by atoms with Gasteiger partial charge in [0.15, 0.2) is 0 Å². The van der Waals surface area contributed by atoms with E-state index < -0.39 is 0 Å². The van der Waals surface area contributed by atoms with Crippen LogP contribution in [0.2, 0.25) is 0 Å². The zero-order valence-electron chi connectivity index (χ0n) is 11.2. The summed E-state index contributed by atoms with van der Waals surface area (Å²) in [5.41, 5.74) is 0.354.